The molecule has 0 aliphatic heterocycles. The number of hydrogen-bond donors (Lipinski definition) is 0. The van der Waals surface area contributed by atoms with Crippen molar-refractivity contribution in [2.45, 2.75) is 6.92 Å². The molecule has 0 spiro atoms. The number of hydrogen-bond acceptors (Lipinski definition) is 1. The molecule has 2 nitrogen and oxygen atoms in total. The van der Waals surface area contributed by atoms with Crippen LogP contribution in [0.25, 0.3) is 0 Å². The van der Waals surface area contributed by atoms with E-state index < -0.39 is 0 Å². The lowest BCUT2D eigenvalue weighted by Crippen LogP contribution is -2.21. The van der Waals surface area contributed by atoms with E-state index in [2.05, 4.69) is 20.8 Å². The van der Waals surface area contributed by atoms with Crippen LogP contribution in [-0.4, -0.2) is 30.9 Å². The van der Waals surface area contributed by atoms with Gasteiger partial charge in [0.25, 0.3) is 0 Å². The van der Waals surface area contributed by atoms with Gasteiger partial charge in [-0.15, -0.1) is 0 Å². The average Bonchev–Trinajstić information content (AvgIpc) is 1.36. The highest BCUT2D eigenvalue weighted by Crippen LogP contribution is 1.66. The van der Waals surface area contributed by atoms with Crippen LogP contribution in [0.2, 0.25) is 0 Å². The molecule has 0 atom stereocenters. The van der Waals surface area contributed by atoms with Gasteiger partial charge in [-0.3, -0.25) is 4.79 Å². The Balaban J connectivity index is 3.26. The number of amides is 1. The minimum Gasteiger partial charge on any atom is -0.399 e. The lowest BCUT2D eigenvalue weighted by molar-refractivity contribution is -0.121. The summed E-state index contributed by atoms with van der Waals surface area (Å²) in [6, 6.07) is 0. The Morgan fingerprint density at radius 2 is 1.83 bits per heavy atom. The monoisotopic (exact) mass is 113 g/mol. The van der Waals surface area contributed by atoms with Crippen molar-refractivity contribution in [3.63, 3.8) is 0 Å². The molecule has 6 radical (unpaired) electrons. The highest BCUT2D eigenvalue weighted by Gasteiger charge is 1.88. The van der Waals surface area contributed by atoms with Gasteiger partial charge in [-0.05, 0) is 0 Å². The lowest BCUT2D eigenvalue weighted by Gasteiger charge is -2.01. The maximum absolute atomic E-state index is 9.97. The van der Waals surface area contributed by atoms with Gasteiger partial charge < -0.3 is 4.23 Å². The van der Waals surface area contributed by atoms with E-state index in [-0.39, 0.29) is 5.91 Å². The Morgan fingerprint density at radius 1 is 1.67 bits per heavy atom. The fourth-order valence-electron chi connectivity index (χ4n) is 0. The predicted octanol–water partition coefficient (Wildman–Crippen LogP) is -0.998. The fourth-order valence-corrected chi connectivity index (χ4v) is 0. The van der Waals surface area contributed by atoms with Crippen LogP contribution in [0.1, 0.15) is 6.92 Å². The molecule has 30 valence electrons. The van der Waals surface area contributed by atoms with Crippen molar-refractivity contribution in [3.8, 4) is 0 Å². The van der Waals surface area contributed by atoms with E-state index in [9.17, 15) is 4.79 Å². The Bertz CT molecular complexity index is 62.6. The molecule has 0 fully saturated rings. The van der Waals surface area contributed by atoms with Crippen LogP contribution >= 0.6 is 0 Å². The molecule has 0 aliphatic rings. The van der Waals surface area contributed by atoms with E-state index in [0.29, 0.717) is 0 Å². The topological polar surface area (TPSA) is 20.3 Å². The minimum atomic E-state index is -0.0802. The van der Waals surface area contributed by atoms with Gasteiger partial charge in [-0.2, -0.15) is 0 Å². The van der Waals surface area contributed by atoms with Crippen LogP contribution in [0.3, 0.4) is 0 Å². The number of rotatable bonds is 0. The van der Waals surface area contributed by atoms with Crippen molar-refractivity contribution in [2.24, 2.45) is 0 Å². The summed E-state index contributed by atoms with van der Waals surface area (Å²) in [4.78, 5) is 9.97. The molecule has 6 heavy (non-hydrogen) atoms. The van der Waals surface area contributed by atoms with Crippen LogP contribution in [0.5, 0.6) is 0 Å². The zero-order valence-electron chi connectivity index (χ0n) is 3.36. The summed E-state index contributed by atoms with van der Waals surface area (Å²) in [5.74, 6) is -0.0802. The Kier molecular flexibility index (Phi) is 2.11. The Labute approximate surface area is 43.5 Å². The van der Waals surface area contributed by atoms with Gasteiger partial charge in [0.15, 0.2) is 20.8 Å². The van der Waals surface area contributed by atoms with Gasteiger partial charge in [0, 0.05) is 6.92 Å². The molecule has 4 heteroatoms. The van der Waals surface area contributed by atoms with Gasteiger partial charge in [-0.1, -0.05) is 0 Å². The second-order valence-electron chi connectivity index (χ2n) is 0.854. The molecule has 0 saturated heterocycles. The first-order valence-corrected chi connectivity index (χ1v) is 2.27. The predicted molar refractivity (Wildman–Crippen MR) is 24.0 cm³/mol. The van der Waals surface area contributed by atoms with Gasteiger partial charge in [0.1, 0.15) is 0 Å². The molecule has 1 amide bonds. The van der Waals surface area contributed by atoms with Crippen molar-refractivity contribution >= 4 is 26.7 Å². The first-order valence-electron chi connectivity index (χ1n) is 1.37. The van der Waals surface area contributed by atoms with Crippen molar-refractivity contribution < 1.29 is 4.79 Å². The number of nitrogens with zero attached hydrogens (tertiary/aromatic N) is 1. The van der Waals surface area contributed by atoms with Crippen molar-refractivity contribution in [2.75, 3.05) is 0 Å². The van der Waals surface area contributed by atoms with Crippen LogP contribution < -0.4 is 0 Å². The number of carbonyl (C=O) groups is 1. The average molecular weight is 113 g/mol. The molecule has 0 saturated carbocycles. The molecule has 0 aromatic heterocycles. The molecule has 0 aromatic carbocycles. The van der Waals surface area contributed by atoms with E-state index in [1.807, 2.05) is 0 Å². The lowest BCUT2D eigenvalue weighted by atomic mass is 10.8. The summed E-state index contributed by atoms with van der Waals surface area (Å²) in [6.07, 6.45) is 0. The first kappa shape index (κ1) is 5.90. The number of carbonyl (C=O) groups excluding carboxylic acids is 1. The zero-order chi connectivity index (χ0) is 5.15. The van der Waals surface area contributed by atoms with Crippen molar-refractivity contribution in [3.05, 3.63) is 0 Å². The van der Waals surface area contributed by atoms with Crippen LogP contribution in [0.4, 0.5) is 0 Å². The smallest absolute Gasteiger partial charge is 0.202 e. The van der Waals surface area contributed by atoms with E-state index in [0.717, 1.165) is 4.23 Å². The molecule has 0 unspecified atom stereocenters. The van der Waals surface area contributed by atoms with Crippen LogP contribution in [0.15, 0.2) is 0 Å². The summed E-state index contributed by atoms with van der Waals surface area (Å²) in [6.45, 7) is 1.43. The largest absolute Gasteiger partial charge is 0.399 e. The highest BCUT2D eigenvalue weighted by atomic mass is 28.2. The standard InChI is InChI=1S/C2H3NOSi2/c1-2(4)3(5)6/h1H3. The van der Waals surface area contributed by atoms with Crippen molar-refractivity contribution in [1.82, 2.24) is 4.23 Å². The molecular weight excluding hydrogens is 110 g/mol. The van der Waals surface area contributed by atoms with Gasteiger partial charge in [0.05, 0.1) is 0 Å². The minimum absolute atomic E-state index is 0.0802. The van der Waals surface area contributed by atoms with Crippen LogP contribution in [0, 0.1) is 0 Å². The maximum Gasteiger partial charge on any atom is 0.202 e. The van der Waals surface area contributed by atoms with E-state index in [1.165, 1.54) is 6.92 Å². The summed E-state index contributed by atoms with van der Waals surface area (Å²) >= 11 is 0. The SMILES string of the molecule is CC(=O)N([Si])[Si]. The molecular formula is C2H3NOSi2. The second-order valence-corrected chi connectivity index (χ2v) is 2.20. The van der Waals surface area contributed by atoms with Gasteiger partial charge in [0.2, 0.25) is 5.91 Å². The fraction of sp³-hybridized carbons (Fsp3) is 0.500. The second kappa shape index (κ2) is 2.14. The third kappa shape index (κ3) is 2.16. The van der Waals surface area contributed by atoms with E-state index in [4.69, 9.17) is 0 Å². The molecule has 0 aromatic rings. The quantitative estimate of drug-likeness (QED) is 0.369. The molecule has 0 rings (SSSR count). The van der Waals surface area contributed by atoms with Gasteiger partial charge in [-0.25, -0.2) is 0 Å². The van der Waals surface area contributed by atoms with Crippen molar-refractivity contribution in [1.29, 1.82) is 0 Å². The third-order valence-electron chi connectivity index (χ3n) is 0.315. The zero-order valence-corrected chi connectivity index (χ0v) is 5.36. The summed E-state index contributed by atoms with van der Waals surface area (Å²) in [7, 11) is 5.76. The summed E-state index contributed by atoms with van der Waals surface area (Å²) in [5.41, 5.74) is 0. The molecule has 0 N–H and O–H groups in total. The maximum atomic E-state index is 9.97. The molecule has 0 aliphatic carbocycles. The van der Waals surface area contributed by atoms with Crippen LogP contribution in [-0.2, 0) is 4.79 Å². The Hall–Kier alpha value is -0.0962. The summed E-state index contributed by atoms with van der Waals surface area (Å²) < 4.78 is 1.14. The molecule has 0 heterocycles. The van der Waals surface area contributed by atoms with E-state index >= 15 is 0 Å². The first-order chi connectivity index (χ1) is 2.64. The Morgan fingerprint density at radius 3 is 1.83 bits per heavy atom. The third-order valence-corrected chi connectivity index (χ3v) is 0.945. The summed E-state index contributed by atoms with van der Waals surface area (Å²) in [5, 5.41) is 0. The molecule has 0 bridgehead atoms. The normalized spacial score (nSPS) is 7.83. The van der Waals surface area contributed by atoms with Gasteiger partial charge >= 0.3 is 0 Å². The highest BCUT2D eigenvalue weighted by molar-refractivity contribution is 6.33. The van der Waals surface area contributed by atoms with E-state index in [1.54, 1.807) is 0 Å².